The normalized spacial score (nSPS) is 31.9. The van der Waals surface area contributed by atoms with Gasteiger partial charge >= 0.3 is 5.97 Å². The van der Waals surface area contributed by atoms with E-state index in [-0.39, 0.29) is 37.5 Å². The number of anilines is 1. The van der Waals surface area contributed by atoms with E-state index in [1.165, 1.54) is 4.90 Å². The van der Waals surface area contributed by atoms with Gasteiger partial charge in [-0.2, -0.15) is 0 Å². The first-order chi connectivity index (χ1) is 17.8. The van der Waals surface area contributed by atoms with Gasteiger partial charge in [0.1, 0.15) is 23.3 Å². The quantitative estimate of drug-likeness (QED) is 0.462. The maximum atomic E-state index is 14.4. The second kappa shape index (κ2) is 9.95. The predicted octanol–water partition coefficient (Wildman–Crippen LogP) is 2.09. The van der Waals surface area contributed by atoms with E-state index in [1.54, 1.807) is 42.4 Å². The van der Waals surface area contributed by atoms with E-state index >= 15 is 0 Å². The summed E-state index contributed by atoms with van der Waals surface area (Å²) in [5.74, 6) is -2.16. The van der Waals surface area contributed by atoms with Crippen LogP contribution in [0.15, 0.2) is 48.6 Å². The van der Waals surface area contributed by atoms with Crippen LogP contribution in [0.2, 0.25) is 0 Å². The summed E-state index contributed by atoms with van der Waals surface area (Å²) in [6.45, 7) is 4.20. The average molecular weight is 511 g/mol. The van der Waals surface area contributed by atoms with E-state index in [1.807, 2.05) is 32.1 Å². The van der Waals surface area contributed by atoms with Crippen molar-refractivity contribution in [2.75, 3.05) is 31.8 Å². The van der Waals surface area contributed by atoms with Crippen LogP contribution < -0.4 is 9.64 Å². The number of fused-ring (bicyclic) bond motifs is 2. The number of carbonyl (C=O) groups excluding carboxylic acids is 3. The largest absolute Gasteiger partial charge is 0.497 e. The standard InChI is InChI=1S/C28H34N2O7/c1-17(2)15-19(16-31)30-24-26(33)29(18-8-10-20(35-3)11-9-18)13-6-12-28(24)23(25(30)32)22-21(37-28)7-4-5-14-36-27(22)34/h4,6-12,17,19,21-24,31H,5,13-16H2,1-3H3/t19-,21-,22+,23+,24?,28+/m1/s1. The Kier molecular flexibility index (Phi) is 6.85. The van der Waals surface area contributed by atoms with Gasteiger partial charge < -0.3 is 29.1 Å². The Labute approximate surface area is 216 Å². The summed E-state index contributed by atoms with van der Waals surface area (Å²) in [4.78, 5) is 44.8. The van der Waals surface area contributed by atoms with Gasteiger partial charge in [-0.05, 0) is 43.0 Å². The van der Waals surface area contributed by atoms with E-state index in [2.05, 4.69) is 0 Å². The summed E-state index contributed by atoms with van der Waals surface area (Å²) in [6, 6.07) is 5.49. The Bertz CT molecular complexity index is 1110. The van der Waals surface area contributed by atoms with Gasteiger partial charge in [-0.3, -0.25) is 14.4 Å². The molecule has 4 heterocycles. The third-order valence-electron chi connectivity index (χ3n) is 7.79. The molecule has 6 atom stereocenters. The Balaban J connectivity index is 1.63. The maximum Gasteiger partial charge on any atom is 0.312 e. The number of methoxy groups -OCH3 is 1. The molecule has 4 aliphatic heterocycles. The summed E-state index contributed by atoms with van der Waals surface area (Å²) in [6.07, 6.45) is 7.69. The lowest BCUT2D eigenvalue weighted by atomic mass is 9.77. The summed E-state index contributed by atoms with van der Waals surface area (Å²) in [7, 11) is 1.57. The van der Waals surface area contributed by atoms with E-state index in [4.69, 9.17) is 14.2 Å². The number of likely N-dealkylation sites (tertiary alicyclic amines) is 1. The van der Waals surface area contributed by atoms with E-state index in [0.29, 0.717) is 24.3 Å². The molecule has 0 bridgehead atoms. The minimum atomic E-state index is -1.36. The van der Waals surface area contributed by atoms with Crippen LogP contribution in [0.1, 0.15) is 26.7 Å². The number of ether oxygens (including phenoxy) is 3. The van der Waals surface area contributed by atoms with Crippen LogP contribution in [0.3, 0.4) is 0 Å². The van der Waals surface area contributed by atoms with E-state index in [0.717, 1.165) is 0 Å². The maximum absolute atomic E-state index is 14.4. The smallest absolute Gasteiger partial charge is 0.312 e. The predicted molar refractivity (Wildman–Crippen MR) is 135 cm³/mol. The number of hydrogen-bond acceptors (Lipinski definition) is 7. The molecular formula is C28H34N2O7. The highest BCUT2D eigenvalue weighted by Gasteiger charge is 2.72. The number of rotatable bonds is 6. The molecule has 198 valence electrons. The fraction of sp³-hybridized carbons (Fsp3) is 0.536. The van der Waals surface area contributed by atoms with Crippen molar-refractivity contribution in [1.29, 1.82) is 0 Å². The first-order valence-corrected chi connectivity index (χ1v) is 12.9. The van der Waals surface area contributed by atoms with Gasteiger partial charge in [-0.1, -0.05) is 38.2 Å². The summed E-state index contributed by atoms with van der Waals surface area (Å²) in [5, 5.41) is 10.4. The average Bonchev–Trinajstić information content (AvgIpc) is 3.26. The number of nitrogens with zero attached hydrogens (tertiary/aromatic N) is 2. The highest BCUT2D eigenvalue weighted by molar-refractivity contribution is 6.05. The molecule has 1 aromatic carbocycles. The molecule has 1 N–H and O–H groups in total. The third-order valence-corrected chi connectivity index (χ3v) is 7.79. The van der Waals surface area contributed by atoms with Crippen LogP contribution in [0.5, 0.6) is 5.75 Å². The molecule has 0 saturated carbocycles. The molecule has 2 saturated heterocycles. The molecule has 4 aliphatic rings. The van der Waals surface area contributed by atoms with Crippen molar-refractivity contribution < 1.29 is 33.7 Å². The monoisotopic (exact) mass is 510 g/mol. The van der Waals surface area contributed by atoms with Crippen LogP contribution in [0.4, 0.5) is 5.69 Å². The van der Waals surface area contributed by atoms with Crippen LogP contribution in [-0.2, 0) is 23.9 Å². The topological polar surface area (TPSA) is 106 Å². The summed E-state index contributed by atoms with van der Waals surface area (Å²) in [5.41, 5.74) is -0.709. The Hall–Kier alpha value is -3.17. The number of cyclic esters (lactones) is 1. The number of benzene rings is 1. The molecule has 2 amide bonds. The first-order valence-electron chi connectivity index (χ1n) is 12.9. The van der Waals surface area contributed by atoms with Gasteiger partial charge in [-0.25, -0.2) is 0 Å². The highest BCUT2D eigenvalue weighted by atomic mass is 16.6. The van der Waals surface area contributed by atoms with Crippen molar-refractivity contribution in [3.63, 3.8) is 0 Å². The van der Waals surface area contributed by atoms with Crippen molar-refractivity contribution in [3.05, 3.63) is 48.6 Å². The number of amides is 2. The lowest BCUT2D eigenvalue weighted by Gasteiger charge is -2.39. The molecule has 2 fully saturated rings. The SMILES string of the molecule is COc1ccc(N2CC=C[C@]34O[C@@H]5C=CCCOC(=O)[C@@H]5[C@H]3C(=O)N([C@@H](CO)CC(C)C)C4C2=O)cc1. The Morgan fingerprint density at radius 2 is 1.89 bits per heavy atom. The second-order valence-electron chi connectivity index (χ2n) is 10.5. The zero-order valence-corrected chi connectivity index (χ0v) is 21.4. The highest BCUT2D eigenvalue weighted by Crippen LogP contribution is 2.54. The number of aliphatic hydroxyl groups is 1. The Morgan fingerprint density at radius 1 is 1.14 bits per heavy atom. The lowest BCUT2D eigenvalue weighted by Crippen LogP contribution is -2.58. The zero-order chi connectivity index (χ0) is 26.3. The van der Waals surface area contributed by atoms with Crippen LogP contribution in [0.25, 0.3) is 0 Å². The number of hydrogen-bond donors (Lipinski definition) is 1. The Morgan fingerprint density at radius 3 is 2.57 bits per heavy atom. The van der Waals surface area contributed by atoms with Crippen LogP contribution in [-0.4, -0.2) is 78.4 Å². The van der Waals surface area contributed by atoms with Crippen LogP contribution in [0, 0.1) is 17.8 Å². The molecule has 37 heavy (non-hydrogen) atoms. The van der Waals surface area contributed by atoms with E-state index < -0.39 is 41.6 Å². The molecule has 9 nitrogen and oxygen atoms in total. The van der Waals surface area contributed by atoms with Crippen molar-refractivity contribution >= 4 is 23.5 Å². The summed E-state index contributed by atoms with van der Waals surface area (Å²) < 4.78 is 17.3. The molecule has 1 spiro atoms. The number of aliphatic hydroxyl groups excluding tert-OH is 1. The van der Waals surface area contributed by atoms with Gasteiger partial charge in [-0.15, -0.1) is 0 Å². The van der Waals surface area contributed by atoms with Gasteiger partial charge in [0.05, 0.1) is 38.4 Å². The minimum absolute atomic E-state index is 0.165. The molecule has 9 heteroatoms. The minimum Gasteiger partial charge on any atom is -0.497 e. The van der Waals surface area contributed by atoms with Crippen molar-refractivity contribution in [2.24, 2.45) is 17.8 Å². The third kappa shape index (κ3) is 4.14. The fourth-order valence-corrected chi connectivity index (χ4v) is 6.25. The fourth-order valence-electron chi connectivity index (χ4n) is 6.25. The van der Waals surface area contributed by atoms with E-state index in [9.17, 15) is 19.5 Å². The molecule has 5 rings (SSSR count). The molecule has 0 radical (unpaired) electrons. The molecule has 1 unspecified atom stereocenters. The van der Waals surface area contributed by atoms with Crippen molar-refractivity contribution in [1.82, 2.24) is 4.90 Å². The van der Waals surface area contributed by atoms with Gasteiger partial charge in [0, 0.05) is 12.2 Å². The lowest BCUT2D eigenvalue weighted by molar-refractivity contribution is -0.155. The van der Waals surface area contributed by atoms with Gasteiger partial charge in [0.15, 0.2) is 0 Å². The van der Waals surface area contributed by atoms with Gasteiger partial charge in [0.25, 0.3) is 5.91 Å². The van der Waals surface area contributed by atoms with Crippen molar-refractivity contribution in [3.8, 4) is 5.75 Å². The van der Waals surface area contributed by atoms with Crippen LogP contribution >= 0.6 is 0 Å². The summed E-state index contributed by atoms with van der Waals surface area (Å²) >= 11 is 0. The second-order valence-corrected chi connectivity index (χ2v) is 10.5. The number of esters is 1. The molecule has 0 aromatic heterocycles. The first kappa shape index (κ1) is 25.5. The molecule has 0 aliphatic carbocycles. The number of carbonyl (C=O) groups is 3. The van der Waals surface area contributed by atoms with Gasteiger partial charge in [0.2, 0.25) is 5.91 Å². The zero-order valence-electron chi connectivity index (χ0n) is 21.4. The molecule has 1 aromatic rings. The molecular weight excluding hydrogens is 476 g/mol. The van der Waals surface area contributed by atoms with Crippen molar-refractivity contribution in [2.45, 2.75) is 50.5 Å².